The number of unbranched alkanes of at least 4 members (excludes halogenated alkanes) is 17. The lowest BCUT2D eigenvalue weighted by molar-refractivity contribution is -0.161. The maximum absolute atomic E-state index is 12.0. The molecule has 36 heavy (non-hydrogen) atoms. The van der Waals surface area contributed by atoms with Gasteiger partial charge < -0.3 is 14.6 Å². The quantitative estimate of drug-likeness (QED) is 0.0680. The van der Waals surface area contributed by atoms with Gasteiger partial charge in [0.2, 0.25) is 0 Å². The molecule has 212 valence electrons. The molecule has 0 aromatic carbocycles. The molecule has 0 aliphatic rings. The van der Waals surface area contributed by atoms with E-state index in [9.17, 15) is 14.7 Å². The lowest BCUT2D eigenvalue weighted by Crippen LogP contribution is -2.28. The van der Waals surface area contributed by atoms with Gasteiger partial charge in [-0.3, -0.25) is 9.59 Å². The first-order valence-electron chi connectivity index (χ1n) is 15.2. The monoisotopic (exact) mass is 510 g/mol. The molecule has 0 saturated carbocycles. The zero-order chi connectivity index (χ0) is 26.5. The summed E-state index contributed by atoms with van der Waals surface area (Å²) >= 11 is 0. The molecule has 0 rings (SSSR count). The van der Waals surface area contributed by atoms with E-state index in [0.29, 0.717) is 12.8 Å². The zero-order valence-corrected chi connectivity index (χ0v) is 23.8. The predicted octanol–water partition coefficient (Wildman–Crippen LogP) is 8.61. The van der Waals surface area contributed by atoms with Crippen LogP contribution >= 0.6 is 0 Å². The third-order valence-corrected chi connectivity index (χ3v) is 6.56. The average Bonchev–Trinajstić information content (AvgIpc) is 2.88. The molecule has 0 amide bonds. The van der Waals surface area contributed by atoms with Gasteiger partial charge in [0.1, 0.15) is 6.61 Å². The summed E-state index contributed by atoms with van der Waals surface area (Å²) < 4.78 is 10.5. The molecule has 0 aliphatic carbocycles. The normalized spacial score (nSPS) is 12.2. The lowest BCUT2D eigenvalue weighted by Gasteiger charge is -2.15. The van der Waals surface area contributed by atoms with Crippen LogP contribution in [-0.2, 0) is 19.1 Å². The van der Waals surface area contributed by atoms with Crippen molar-refractivity contribution in [3.05, 3.63) is 12.2 Å². The predicted molar refractivity (Wildman–Crippen MR) is 150 cm³/mol. The van der Waals surface area contributed by atoms with Gasteiger partial charge in [-0.25, -0.2) is 0 Å². The standard InChI is InChI=1S/C31H58O5/c1-3-5-7-9-11-13-15-17-19-21-23-25-30(33)35-28-29(27-32)36-31(34)26-24-22-20-18-16-14-12-10-8-6-4-2/h9,11,29,32H,3-8,10,12-28H2,1-2H3/b11-9+/t29-/m0/s1. The van der Waals surface area contributed by atoms with Gasteiger partial charge in [0.05, 0.1) is 6.61 Å². The Morgan fingerprint density at radius 3 is 1.58 bits per heavy atom. The third kappa shape index (κ3) is 25.7. The molecule has 5 nitrogen and oxygen atoms in total. The second-order valence-corrected chi connectivity index (χ2v) is 10.2. The maximum Gasteiger partial charge on any atom is 0.306 e. The molecule has 0 fully saturated rings. The molecule has 0 unspecified atom stereocenters. The topological polar surface area (TPSA) is 72.8 Å². The minimum atomic E-state index is -0.764. The second-order valence-electron chi connectivity index (χ2n) is 10.2. The Balaban J connectivity index is 3.60. The van der Waals surface area contributed by atoms with Crippen molar-refractivity contribution in [3.63, 3.8) is 0 Å². The molecule has 0 aliphatic heterocycles. The Morgan fingerprint density at radius 2 is 1.06 bits per heavy atom. The van der Waals surface area contributed by atoms with Crippen molar-refractivity contribution >= 4 is 11.9 Å². The van der Waals surface area contributed by atoms with Crippen LogP contribution in [0, 0.1) is 0 Å². The molecule has 0 heterocycles. The molecule has 1 N–H and O–H groups in total. The van der Waals surface area contributed by atoms with Crippen LogP contribution in [0.25, 0.3) is 0 Å². The van der Waals surface area contributed by atoms with E-state index in [1.54, 1.807) is 0 Å². The smallest absolute Gasteiger partial charge is 0.306 e. The first-order chi connectivity index (χ1) is 17.6. The number of aliphatic hydroxyl groups is 1. The summed E-state index contributed by atoms with van der Waals surface area (Å²) in [5.41, 5.74) is 0. The number of hydrogen-bond acceptors (Lipinski definition) is 5. The van der Waals surface area contributed by atoms with E-state index < -0.39 is 6.10 Å². The van der Waals surface area contributed by atoms with Gasteiger partial charge in [0.15, 0.2) is 6.10 Å². The van der Waals surface area contributed by atoms with Crippen LogP contribution in [0.15, 0.2) is 12.2 Å². The molecular weight excluding hydrogens is 452 g/mol. The van der Waals surface area contributed by atoms with Gasteiger partial charge in [0, 0.05) is 12.8 Å². The molecule has 0 aromatic rings. The molecule has 5 heteroatoms. The summed E-state index contributed by atoms with van der Waals surface area (Å²) in [7, 11) is 0. The van der Waals surface area contributed by atoms with Crippen molar-refractivity contribution in [2.75, 3.05) is 13.2 Å². The van der Waals surface area contributed by atoms with Crippen LogP contribution < -0.4 is 0 Å². The number of esters is 2. The van der Waals surface area contributed by atoms with Crippen molar-refractivity contribution in [1.29, 1.82) is 0 Å². The molecule has 0 saturated heterocycles. The van der Waals surface area contributed by atoms with Gasteiger partial charge in [-0.05, 0) is 32.1 Å². The number of allylic oxidation sites excluding steroid dienone is 2. The fraction of sp³-hybridized carbons (Fsp3) is 0.871. The Bertz CT molecular complexity index is 517. The van der Waals surface area contributed by atoms with Crippen LogP contribution in [-0.4, -0.2) is 36.4 Å². The summed E-state index contributed by atoms with van der Waals surface area (Å²) in [5.74, 6) is -0.602. The van der Waals surface area contributed by atoms with Crippen molar-refractivity contribution in [2.24, 2.45) is 0 Å². The van der Waals surface area contributed by atoms with E-state index in [1.807, 2.05) is 0 Å². The number of ether oxygens (including phenoxy) is 2. The fourth-order valence-corrected chi connectivity index (χ4v) is 4.18. The van der Waals surface area contributed by atoms with E-state index in [-0.39, 0.29) is 25.2 Å². The van der Waals surface area contributed by atoms with Gasteiger partial charge >= 0.3 is 11.9 Å². The summed E-state index contributed by atoms with van der Waals surface area (Å²) in [6.07, 6.45) is 28.3. The highest BCUT2D eigenvalue weighted by Gasteiger charge is 2.16. The van der Waals surface area contributed by atoms with E-state index in [0.717, 1.165) is 44.9 Å². The number of carbonyl (C=O) groups is 2. The largest absolute Gasteiger partial charge is 0.462 e. The highest BCUT2D eigenvalue weighted by molar-refractivity contribution is 5.70. The molecular formula is C31H58O5. The van der Waals surface area contributed by atoms with E-state index in [1.165, 1.54) is 83.5 Å². The van der Waals surface area contributed by atoms with Crippen molar-refractivity contribution in [1.82, 2.24) is 0 Å². The maximum atomic E-state index is 12.0. The number of carbonyl (C=O) groups excluding carboxylic acids is 2. The number of rotatable bonds is 27. The number of hydrogen-bond donors (Lipinski definition) is 1. The summed E-state index contributed by atoms with van der Waals surface area (Å²) in [6.45, 7) is 4.06. The molecule has 0 bridgehead atoms. The average molecular weight is 511 g/mol. The van der Waals surface area contributed by atoms with Crippen LogP contribution in [0.4, 0.5) is 0 Å². The number of aliphatic hydroxyl groups excluding tert-OH is 1. The SMILES string of the molecule is CCCC/C=C/CCCCCCCC(=O)OC[C@H](CO)OC(=O)CCCCCCCCCCCCC. The van der Waals surface area contributed by atoms with Gasteiger partial charge in [-0.15, -0.1) is 0 Å². The zero-order valence-electron chi connectivity index (χ0n) is 23.8. The summed E-state index contributed by atoms with van der Waals surface area (Å²) in [6, 6.07) is 0. The highest BCUT2D eigenvalue weighted by atomic mass is 16.6. The minimum absolute atomic E-state index is 0.0658. The van der Waals surface area contributed by atoms with Crippen LogP contribution in [0.5, 0.6) is 0 Å². The molecule has 0 aromatic heterocycles. The van der Waals surface area contributed by atoms with Gasteiger partial charge in [0.25, 0.3) is 0 Å². The Hall–Kier alpha value is -1.36. The Kier molecular flexibility index (Phi) is 27.1. The van der Waals surface area contributed by atoms with Crippen LogP contribution in [0.2, 0.25) is 0 Å². The van der Waals surface area contributed by atoms with Gasteiger partial charge in [-0.2, -0.15) is 0 Å². The third-order valence-electron chi connectivity index (χ3n) is 6.56. The van der Waals surface area contributed by atoms with E-state index in [2.05, 4.69) is 26.0 Å². The molecule has 1 atom stereocenters. The summed E-state index contributed by atoms with van der Waals surface area (Å²) in [4.78, 5) is 24.0. The highest BCUT2D eigenvalue weighted by Crippen LogP contribution is 2.13. The lowest BCUT2D eigenvalue weighted by atomic mass is 10.1. The summed E-state index contributed by atoms with van der Waals surface area (Å²) in [5, 5.41) is 9.45. The van der Waals surface area contributed by atoms with Crippen molar-refractivity contribution < 1.29 is 24.2 Å². The molecule has 0 spiro atoms. The van der Waals surface area contributed by atoms with Crippen molar-refractivity contribution in [3.8, 4) is 0 Å². The van der Waals surface area contributed by atoms with Crippen molar-refractivity contribution in [2.45, 2.75) is 161 Å². The Labute approximate surface area is 222 Å². The van der Waals surface area contributed by atoms with Gasteiger partial charge in [-0.1, -0.05) is 122 Å². The molecule has 0 radical (unpaired) electrons. The first kappa shape index (κ1) is 34.6. The fourth-order valence-electron chi connectivity index (χ4n) is 4.18. The van der Waals surface area contributed by atoms with E-state index >= 15 is 0 Å². The van der Waals surface area contributed by atoms with Crippen LogP contribution in [0.3, 0.4) is 0 Å². The minimum Gasteiger partial charge on any atom is -0.462 e. The van der Waals surface area contributed by atoms with Crippen LogP contribution in [0.1, 0.15) is 155 Å². The van der Waals surface area contributed by atoms with E-state index in [4.69, 9.17) is 9.47 Å². The Morgan fingerprint density at radius 1 is 0.611 bits per heavy atom. The first-order valence-corrected chi connectivity index (χ1v) is 15.2. The second kappa shape index (κ2) is 28.2.